The van der Waals surface area contributed by atoms with Crippen LogP contribution in [0, 0.1) is 6.92 Å². The third kappa shape index (κ3) is 5.01. The van der Waals surface area contributed by atoms with Crippen molar-refractivity contribution in [3.8, 4) is 23.1 Å². The molecule has 3 aromatic heterocycles. The van der Waals surface area contributed by atoms with Gasteiger partial charge in [-0.2, -0.15) is 0 Å². The van der Waals surface area contributed by atoms with Gasteiger partial charge in [-0.3, -0.25) is 4.40 Å². The SMILES string of the molecule is COc1cc2ncnc(Nc3ccc(Oc4cc5nncn5cn4)c(C)c3)c2cc1OC(=O)N1CCNC[C@H]1C. The molecular formula is C27H27N9O4. The van der Waals surface area contributed by atoms with E-state index in [1.54, 1.807) is 40.2 Å². The van der Waals surface area contributed by atoms with Gasteiger partial charge in [-0.1, -0.05) is 0 Å². The van der Waals surface area contributed by atoms with Crippen molar-refractivity contribution in [2.45, 2.75) is 19.9 Å². The number of piperazine rings is 1. The zero-order valence-corrected chi connectivity index (χ0v) is 22.2. The fourth-order valence-corrected chi connectivity index (χ4v) is 4.53. The Bertz CT molecular complexity index is 1710. The molecule has 204 valence electrons. The molecule has 0 unspecified atom stereocenters. The molecule has 1 fully saturated rings. The van der Waals surface area contributed by atoms with Crippen molar-refractivity contribution < 1.29 is 19.0 Å². The molecule has 0 radical (unpaired) electrons. The molecular weight excluding hydrogens is 514 g/mol. The first kappa shape index (κ1) is 25.2. The van der Waals surface area contributed by atoms with Crippen LogP contribution in [0.3, 0.4) is 0 Å². The highest BCUT2D eigenvalue weighted by atomic mass is 16.6. The fraction of sp³-hybridized carbons (Fsp3) is 0.259. The number of carbonyl (C=O) groups excluding carboxylic acids is 1. The molecule has 1 atom stereocenters. The molecule has 4 heterocycles. The van der Waals surface area contributed by atoms with E-state index >= 15 is 0 Å². The van der Waals surface area contributed by atoms with Gasteiger partial charge >= 0.3 is 6.09 Å². The summed E-state index contributed by atoms with van der Waals surface area (Å²) < 4.78 is 19.0. The minimum Gasteiger partial charge on any atom is -0.493 e. The number of rotatable bonds is 6. The molecule has 1 aliphatic heterocycles. The molecule has 0 saturated carbocycles. The summed E-state index contributed by atoms with van der Waals surface area (Å²) in [6, 6.07) is 10.8. The van der Waals surface area contributed by atoms with Gasteiger partial charge in [-0.15, -0.1) is 10.2 Å². The third-order valence-electron chi connectivity index (χ3n) is 6.67. The van der Waals surface area contributed by atoms with Crippen LogP contribution in [0.2, 0.25) is 0 Å². The van der Waals surface area contributed by atoms with Crippen LogP contribution >= 0.6 is 0 Å². The largest absolute Gasteiger partial charge is 0.493 e. The number of methoxy groups -OCH3 is 1. The van der Waals surface area contributed by atoms with Crippen LogP contribution in [-0.4, -0.2) is 73.3 Å². The van der Waals surface area contributed by atoms with Crippen LogP contribution in [0.4, 0.5) is 16.3 Å². The minimum absolute atomic E-state index is 0.0184. The highest BCUT2D eigenvalue weighted by Crippen LogP contribution is 2.36. The van der Waals surface area contributed by atoms with Crippen molar-refractivity contribution >= 4 is 34.1 Å². The molecule has 1 aliphatic rings. The zero-order valence-electron chi connectivity index (χ0n) is 22.2. The van der Waals surface area contributed by atoms with Gasteiger partial charge in [0, 0.05) is 48.9 Å². The number of benzene rings is 2. The maximum atomic E-state index is 13.0. The summed E-state index contributed by atoms with van der Waals surface area (Å²) in [6.07, 6.45) is 4.21. The molecule has 2 N–H and O–H groups in total. The number of amides is 1. The Morgan fingerprint density at radius 2 is 1.98 bits per heavy atom. The number of aromatic nitrogens is 6. The molecule has 2 aromatic carbocycles. The summed E-state index contributed by atoms with van der Waals surface area (Å²) in [5.41, 5.74) is 2.94. The number of ether oxygens (including phenoxy) is 3. The molecule has 1 amide bonds. The number of anilines is 2. The predicted molar refractivity (Wildman–Crippen MR) is 146 cm³/mol. The van der Waals surface area contributed by atoms with E-state index in [0.29, 0.717) is 65.1 Å². The van der Waals surface area contributed by atoms with Gasteiger partial charge in [0.1, 0.15) is 30.5 Å². The molecule has 1 saturated heterocycles. The Labute approximate surface area is 229 Å². The van der Waals surface area contributed by atoms with Gasteiger partial charge in [0.05, 0.1) is 12.6 Å². The summed E-state index contributed by atoms with van der Waals surface area (Å²) >= 11 is 0. The van der Waals surface area contributed by atoms with Gasteiger partial charge in [-0.05, 0) is 43.7 Å². The van der Waals surface area contributed by atoms with E-state index in [1.165, 1.54) is 13.4 Å². The lowest BCUT2D eigenvalue weighted by atomic mass is 10.1. The summed E-state index contributed by atoms with van der Waals surface area (Å²) in [7, 11) is 1.53. The molecule has 6 rings (SSSR count). The van der Waals surface area contributed by atoms with E-state index in [4.69, 9.17) is 14.2 Å². The Kier molecular flexibility index (Phi) is 6.70. The van der Waals surface area contributed by atoms with Crippen LogP contribution in [-0.2, 0) is 0 Å². The number of aryl methyl sites for hydroxylation is 1. The molecule has 0 bridgehead atoms. The molecule has 0 spiro atoms. The highest BCUT2D eigenvalue weighted by Gasteiger charge is 2.26. The van der Waals surface area contributed by atoms with Crippen LogP contribution < -0.4 is 24.8 Å². The van der Waals surface area contributed by atoms with Crippen molar-refractivity contribution in [2.75, 3.05) is 32.1 Å². The van der Waals surface area contributed by atoms with Gasteiger partial charge in [0.15, 0.2) is 17.1 Å². The smallest absolute Gasteiger partial charge is 0.415 e. The summed E-state index contributed by atoms with van der Waals surface area (Å²) in [4.78, 5) is 27.8. The summed E-state index contributed by atoms with van der Waals surface area (Å²) in [6.45, 7) is 5.91. The first-order valence-electron chi connectivity index (χ1n) is 12.7. The zero-order chi connectivity index (χ0) is 27.6. The number of fused-ring (bicyclic) bond motifs is 2. The van der Waals surface area contributed by atoms with E-state index in [9.17, 15) is 4.79 Å². The van der Waals surface area contributed by atoms with Crippen LogP contribution in [0.25, 0.3) is 16.6 Å². The maximum Gasteiger partial charge on any atom is 0.415 e. The van der Waals surface area contributed by atoms with Crippen molar-refractivity contribution in [1.82, 2.24) is 39.8 Å². The lowest BCUT2D eigenvalue weighted by Gasteiger charge is -2.33. The lowest BCUT2D eigenvalue weighted by molar-refractivity contribution is 0.123. The van der Waals surface area contributed by atoms with Crippen molar-refractivity contribution in [3.05, 3.63) is 60.9 Å². The van der Waals surface area contributed by atoms with Gasteiger partial charge in [0.25, 0.3) is 0 Å². The van der Waals surface area contributed by atoms with Crippen LogP contribution in [0.1, 0.15) is 12.5 Å². The number of nitrogens with one attached hydrogen (secondary N) is 2. The second-order valence-corrected chi connectivity index (χ2v) is 9.39. The molecule has 13 nitrogen and oxygen atoms in total. The molecule has 13 heteroatoms. The van der Waals surface area contributed by atoms with E-state index in [-0.39, 0.29) is 6.04 Å². The standard InChI is InChI=1S/C27H27N9O4/c1-16-8-18(4-5-21(16)39-25-11-24-34-32-15-35(24)14-31-25)33-26-19-9-23(22(38-3)10-20(19)29-13-30-26)40-27(37)36-7-6-28-12-17(36)2/h4-5,8-11,13-15,17,28H,6-7,12H2,1-3H3,(H,29,30,33)/t17-/m1/s1. The van der Waals surface area contributed by atoms with Gasteiger partial charge in [0.2, 0.25) is 5.88 Å². The first-order chi connectivity index (χ1) is 19.5. The number of carbonyl (C=O) groups is 1. The van der Waals surface area contributed by atoms with E-state index in [2.05, 4.69) is 35.8 Å². The maximum absolute atomic E-state index is 13.0. The normalized spacial score (nSPS) is 15.3. The first-order valence-corrected chi connectivity index (χ1v) is 12.7. The average Bonchev–Trinajstić information content (AvgIpc) is 3.43. The highest BCUT2D eigenvalue weighted by molar-refractivity contribution is 5.93. The van der Waals surface area contributed by atoms with Crippen molar-refractivity contribution in [3.63, 3.8) is 0 Å². The number of nitrogens with zero attached hydrogens (tertiary/aromatic N) is 7. The summed E-state index contributed by atoms with van der Waals surface area (Å²) in [5.74, 6) is 2.31. The number of hydrogen-bond donors (Lipinski definition) is 2. The Morgan fingerprint density at radius 3 is 2.80 bits per heavy atom. The predicted octanol–water partition coefficient (Wildman–Crippen LogP) is 3.71. The molecule has 5 aromatic rings. The summed E-state index contributed by atoms with van der Waals surface area (Å²) in [5, 5.41) is 15.2. The quantitative estimate of drug-likeness (QED) is 0.325. The average molecular weight is 542 g/mol. The van der Waals surface area contributed by atoms with Gasteiger partial charge in [-0.25, -0.2) is 19.7 Å². The van der Waals surface area contributed by atoms with Crippen molar-refractivity contribution in [1.29, 1.82) is 0 Å². The Balaban J connectivity index is 1.25. The third-order valence-corrected chi connectivity index (χ3v) is 6.67. The topological polar surface area (TPSA) is 141 Å². The van der Waals surface area contributed by atoms with E-state index in [1.807, 2.05) is 32.0 Å². The molecule has 0 aliphatic carbocycles. The molecule has 40 heavy (non-hydrogen) atoms. The Hall–Kier alpha value is -5.04. The Morgan fingerprint density at radius 1 is 1.07 bits per heavy atom. The monoisotopic (exact) mass is 541 g/mol. The van der Waals surface area contributed by atoms with E-state index in [0.717, 1.165) is 11.3 Å². The fourth-order valence-electron chi connectivity index (χ4n) is 4.53. The van der Waals surface area contributed by atoms with E-state index < -0.39 is 6.09 Å². The lowest BCUT2D eigenvalue weighted by Crippen LogP contribution is -2.53. The minimum atomic E-state index is -0.429. The number of hydrogen-bond acceptors (Lipinski definition) is 11. The van der Waals surface area contributed by atoms with Crippen molar-refractivity contribution in [2.24, 2.45) is 0 Å². The van der Waals surface area contributed by atoms with Gasteiger partial charge < -0.3 is 29.7 Å². The van der Waals surface area contributed by atoms with Crippen LogP contribution in [0.15, 0.2) is 55.4 Å². The second-order valence-electron chi connectivity index (χ2n) is 9.39. The van der Waals surface area contributed by atoms with Crippen LogP contribution in [0.5, 0.6) is 23.1 Å². The second kappa shape index (κ2) is 10.6.